The highest BCUT2D eigenvalue weighted by molar-refractivity contribution is 5.69. The minimum Gasteiger partial charge on any atom is -0.397 e. The maximum absolute atomic E-state index is 8.90. The lowest BCUT2D eigenvalue weighted by Gasteiger charge is -2.36. The second kappa shape index (κ2) is 4.67. The first-order valence-electron chi connectivity index (χ1n) is 6.21. The molecule has 0 aromatic heterocycles. The van der Waals surface area contributed by atoms with Gasteiger partial charge < -0.3 is 11.1 Å². The maximum Gasteiger partial charge on any atom is 0.0992 e. The van der Waals surface area contributed by atoms with E-state index in [4.69, 9.17) is 11.0 Å². The van der Waals surface area contributed by atoms with Gasteiger partial charge in [0, 0.05) is 5.54 Å². The Morgan fingerprint density at radius 2 is 2.00 bits per heavy atom. The maximum atomic E-state index is 8.90. The molecular weight excluding hydrogens is 210 g/mol. The Morgan fingerprint density at radius 1 is 1.29 bits per heavy atom. The van der Waals surface area contributed by atoms with Gasteiger partial charge in [0.25, 0.3) is 0 Å². The number of hydrogen-bond donors (Lipinski definition) is 2. The summed E-state index contributed by atoms with van der Waals surface area (Å²) in [4.78, 5) is 0. The van der Waals surface area contributed by atoms with Crippen molar-refractivity contribution in [3.63, 3.8) is 0 Å². The SMILES string of the molecule is CC1(Nc2cc(C#N)ccc2N)CCCCC1. The van der Waals surface area contributed by atoms with Crippen molar-refractivity contribution in [3.8, 4) is 6.07 Å². The number of nitrogens with one attached hydrogen (secondary N) is 1. The predicted octanol–water partition coefficient (Wildman–Crippen LogP) is 3.28. The second-order valence-electron chi connectivity index (χ2n) is 5.16. The smallest absolute Gasteiger partial charge is 0.0992 e. The van der Waals surface area contributed by atoms with Crippen LogP contribution in [-0.4, -0.2) is 5.54 Å². The van der Waals surface area contributed by atoms with Gasteiger partial charge in [-0.2, -0.15) is 5.26 Å². The lowest BCUT2D eigenvalue weighted by atomic mass is 9.83. The fourth-order valence-electron chi connectivity index (χ4n) is 2.52. The molecule has 1 aromatic rings. The molecule has 0 amide bonds. The highest BCUT2D eigenvalue weighted by atomic mass is 15.0. The Kier molecular flexibility index (Phi) is 3.23. The highest BCUT2D eigenvalue weighted by Crippen LogP contribution is 2.33. The lowest BCUT2D eigenvalue weighted by molar-refractivity contribution is 0.349. The highest BCUT2D eigenvalue weighted by Gasteiger charge is 2.26. The third kappa shape index (κ3) is 2.71. The largest absolute Gasteiger partial charge is 0.397 e. The van der Waals surface area contributed by atoms with E-state index in [2.05, 4.69) is 18.3 Å². The van der Waals surface area contributed by atoms with Crippen LogP contribution in [0.1, 0.15) is 44.6 Å². The van der Waals surface area contributed by atoms with Crippen molar-refractivity contribution in [3.05, 3.63) is 23.8 Å². The molecule has 1 fully saturated rings. The van der Waals surface area contributed by atoms with Crippen LogP contribution in [0.25, 0.3) is 0 Å². The monoisotopic (exact) mass is 229 g/mol. The predicted molar refractivity (Wildman–Crippen MR) is 70.7 cm³/mol. The van der Waals surface area contributed by atoms with Crippen LogP contribution in [0.2, 0.25) is 0 Å². The molecule has 0 saturated heterocycles. The summed E-state index contributed by atoms with van der Waals surface area (Å²) in [6, 6.07) is 7.54. The molecule has 0 radical (unpaired) electrons. The van der Waals surface area contributed by atoms with E-state index in [0.717, 1.165) is 11.4 Å². The molecule has 3 N–H and O–H groups in total. The second-order valence-corrected chi connectivity index (χ2v) is 5.16. The molecule has 0 spiro atoms. The van der Waals surface area contributed by atoms with Crippen LogP contribution in [0.15, 0.2) is 18.2 Å². The summed E-state index contributed by atoms with van der Waals surface area (Å²) >= 11 is 0. The Hall–Kier alpha value is -1.69. The topological polar surface area (TPSA) is 61.8 Å². The molecule has 0 heterocycles. The zero-order chi connectivity index (χ0) is 12.3. The van der Waals surface area contributed by atoms with Gasteiger partial charge >= 0.3 is 0 Å². The lowest BCUT2D eigenvalue weighted by Crippen LogP contribution is -2.37. The number of anilines is 2. The van der Waals surface area contributed by atoms with E-state index >= 15 is 0 Å². The molecule has 1 aliphatic carbocycles. The van der Waals surface area contributed by atoms with Gasteiger partial charge in [-0.25, -0.2) is 0 Å². The van der Waals surface area contributed by atoms with Crippen molar-refractivity contribution in [1.29, 1.82) is 5.26 Å². The van der Waals surface area contributed by atoms with Crippen molar-refractivity contribution >= 4 is 11.4 Å². The van der Waals surface area contributed by atoms with E-state index in [1.165, 1.54) is 32.1 Å². The third-order valence-electron chi connectivity index (χ3n) is 3.58. The molecule has 3 heteroatoms. The van der Waals surface area contributed by atoms with Gasteiger partial charge in [-0.1, -0.05) is 19.3 Å². The average Bonchev–Trinajstić information content (AvgIpc) is 2.33. The number of rotatable bonds is 2. The van der Waals surface area contributed by atoms with Crippen LogP contribution < -0.4 is 11.1 Å². The van der Waals surface area contributed by atoms with Crippen molar-refractivity contribution < 1.29 is 0 Å². The summed E-state index contributed by atoms with van der Waals surface area (Å²) in [6.07, 6.45) is 6.19. The number of nitrogens with zero attached hydrogens (tertiary/aromatic N) is 1. The summed E-state index contributed by atoms with van der Waals surface area (Å²) in [5.74, 6) is 0. The molecule has 0 unspecified atom stereocenters. The molecule has 17 heavy (non-hydrogen) atoms. The number of nitrogens with two attached hydrogens (primary N) is 1. The van der Waals surface area contributed by atoms with Crippen molar-refractivity contribution in [2.45, 2.75) is 44.6 Å². The molecule has 2 rings (SSSR count). The molecule has 0 atom stereocenters. The summed E-state index contributed by atoms with van der Waals surface area (Å²) in [7, 11) is 0. The van der Waals surface area contributed by atoms with E-state index in [1.807, 2.05) is 6.07 Å². The molecule has 1 aliphatic rings. The van der Waals surface area contributed by atoms with Gasteiger partial charge in [-0.3, -0.25) is 0 Å². The third-order valence-corrected chi connectivity index (χ3v) is 3.58. The van der Waals surface area contributed by atoms with Gasteiger partial charge in [0.05, 0.1) is 23.0 Å². The van der Waals surface area contributed by atoms with Crippen LogP contribution in [-0.2, 0) is 0 Å². The van der Waals surface area contributed by atoms with Crippen molar-refractivity contribution in [1.82, 2.24) is 0 Å². The normalized spacial score (nSPS) is 18.4. The van der Waals surface area contributed by atoms with E-state index < -0.39 is 0 Å². The first-order chi connectivity index (χ1) is 8.13. The van der Waals surface area contributed by atoms with E-state index in [0.29, 0.717) is 5.56 Å². The first-order valence-corrected chi connectivity index (χ1v) is 6.21. The summed E-state index contributed by atoms with van der Waals surface area (Å²) in [5.41, 5.74) is 8.34. The fraction of sp³-hybridized carbons (Fsp3) is 0.500. The summed E-state index contributed by atoms with van der Waals surface area (Å²) in [6.45, 7) is 2.24. The fourth-order valence-corrected chi connectivity index (χ4v) is 2.52. The number of benzene rings is 1. The van der Waals surface area contributed by atoms with E-state index in [9.17, 15) is 0 Å². The average molecular weight is 229 g/mol. The summed E-state index contributed by atoms with van der Waals surface area (Å²) in [5, 5.41) is 12.4. The molecule has 90 valence electrons. The van der Waals surface area contributed by atoms with E-state index in [-0.39, 0.29) is 5.54 Å². The van der Waals surface area contributed by atoms with Gasteiger partial charge in [0.15, 0.2) is 0 Å². The summed E-state index contributed by atoms with van der Waals surface area (Å²) < 4.78 is 0. The van der Waals surface area contributed by atoms with Crippen LogP contribution in [0, 0.1) is 11.3 Å². The van der Waals surface area contributed by atoms with E-state index in [1.54, 1.807) is 12.1 Å². The minimum atomic E-state index is 0.125. The van der Waals surface area contributed by atoms with Crippen LogP contribution in [0.5, 0.6) is 0 Å². The Bertz CT molecular complexity index is 439. The molecule has 0 bridgehead atoms. The number of nitriles is 1. The van der Waals surface area contributed by atoms with Gasteiger partial charge in [0.1, 0.15) is 0 Å². The number of nitrogen functional groups attached to an aromatic ring is 1. The molecule has 0 aliphatic heterocycles. The van der Waals surface area contributed by atoms with Crippen molar-refractivity contribution in [2.75, 3.05) is 11.1 Å². The quantitative estimate of drug-likeness (QED) is 0.765. The Balaban J connectivity index is 2.20. The molecular formula is C14H19N3. The van der Waals surface area contributed by atoms with Gasteiger partial charge in [-0.05, 0) is 38.0 Å². The molecule has 1 aromatic carbocycles. The molecule has 1 saturated carbocycles. The minimum absolute atomic E-state index is 0.125. The van der Waals surface area contributed by atoms with Crippen LogP contribution in [0.3, 0.4) is 0 Å². The number of hydrogen-bond acceptors (Lipinski definition) is 3. The Labute approximate surface area is 103 Å². The first kappa shape index (κ1) is 11.8. The van der Waals surface area contributed by atoms with Crippen molar-refractivity contribution in [2.24, 2.45) is 0 Å². The zero-order valence-corrected chi connectivity index (χ0v) is 10.3. The van der Waals surface area contributed by atoms with Crippen LogP contribution >= 0.6 is 0 Å². The molecule has 3 nitrogen and oxygen atoms in total. The Morgan fingerprint density at radius 3 is 2.65 bits per heavy atom. The van der Waals surface area contributed by atoms with Gasteiger partial charge in [0.2, 0.25) is 0 Å². The zero-order valence-electron chi connectivity index (χ0n) is 10.3. The van der Waals surface area contributed by atoms with Gasteiger partial charge in [-0.15, -0.1) is 0 Å². The standard InChI is InChI=1S/C14H19N3/c1-14(7-3-2-4-8-14)17-13-9-11(10-15)5-6-12(13)16/h5-6,9,17H,2-4,7-8,16H2,1H3. The van der Waals surface area contributed by atoms with Crippen LogP contribution in [0.4, 0.5) is 11.4 Å².